The van der Waals surface area contributed by atoms with Gasteiger partial charge in [0, 0.05) is 25.3 Å². The lowest BCUT2D eigenvalue weighted by Crippen LogP contribution is -2.42. The van der Waals surface area contributed by atoms with E-state index in [4.69, 9.17) is 5.73 Å². The molecule has 1 aromatic rings. The van der Waals surface area contributed by atoms with Crippen LogP contribution >= 0.6 is 0 Å². The Balaban J connectivity index is 1.63. The molecule has 0 amide bonds. The maximum Gasteiger partial charge on any atom is 0.0951 e. The Morgan fingerprint density at radius 2 is 2.22 bits per heavy atom. The second kappa shape index (κ2) is 5.02. The number of likely N-dealkylation sites (tertiary alicyclic amines) is 1. The Kier molecular flexibility index (Phi) is 3.39. The molecule has 0 spiro atoms. The van der Waals surface area contributed by atoms with Crippen molar-refractivity contribution in [2.75, 3.05) is 19.6 Å². The second-order valence-electron chi connectivity index (χ2n) is 6.02. The standard InChI is InChI=1S/C14H24N4/c1-11-4-5-17(8-12(11)6-15)9-14-7-16-10-18(14)13-2-3-13/h7,10-13H,2-6,8-9,15H2,1H3. The second-order valence-corrected chi connectivity index (χ2v) is 6.02. The van der Waals surface area contributed by atoms with Gasteiger partial charge in [0.05, 0.1) is 12.0 Å². The maximum absolute atomic E-state index is 5.87. The monoisotopic (exact) mass is 248 g/mol. The highest BCUT2D eigenvalue weighted by Gasteiger charge is 2.28. The fraction of sp³-hybridized carbons (Fsp3) is 0.786. The van der Waals surface area contributed by atoms with Gasteiger partial charge in [0.25, 0.3) is 0 Å². The number of piperidine rings is 1. The van der Waals surface area contributed by atoms with Crippen molar-refractivity contribution >= 4 is 0 Å². The molecule has 2 N–H and O–H groups in total. The van der Waals surface area contributed by atoms with Gasteiger partial charge in [0.1, 0.15) is 0 Å². The van der Waals surface area contributed by atoms with Crippen LogP contribution in [0, 0.1) is 11.8 Å². The number of imidazole rings is 1. The molecule has 1 aliphatic heterocycles. The fourth-order valence-electron chi connectivity index (χ4n) is 3.04. The van der Waals surface area contributed by atoms with E-state index < -0.39 is 0 Å². The Morgan fingerprint density at radius 1 is 1.39 bits per heavy atom. The van der Waals surface area contributed by atoms with Crippen LogP contribution < -0.4 is 5.73 Å². The van der Waals surface area contributed by atoms with Crippen LogP contribution in [0.15, 0.2) is 12.5 Å². The molecule has 2 unspecified atom stereocenters. The first-order valence-corrected chi connectivity index (χ1v) is 7.21. The number of hydrogen-bond donors (Lipinski definition) is 1. The zero-order chi connectivity index (χ0) is 12.5. The first-order chi connectivity index (χ1) is 8.78. The number of nitrogens with two attached hydrogens (primary N) is 1. The van der Waals surface area contributed by atoms with Gasteiger partial charge in [-0.05, 0) is 44.2 Å². The van der Waals surface area contributed by atoms with Crippen molar-refractivity contribution in [2.24, 2.45) is 17.6 Å². The minimum atomic E-state index is 0.663. The van der Waals surface area contributed by atoms with Crippen molar-refractivity contribution in [3.05, 3.63) is 18.2 Å². The maximum atomic E-state index is 5.87. The van der Waals surface area contributed by atoms with Gasteiger partial charge in [0.2, 0.25) is 0 Å². The highest BCUT2D eigenvalue weighted by atomic mass is 15.2. The van der Waals surface area contributed by atoms with E-state index in [1.807, 2.05) is 12.5 Å². The van der Waals surface area contributed by atoms with Crippen LogP contribution in [0.25, 0.3) is 0 Å². The van der Waals surface area contributed by atoms with Crippen molar-refractivity contribution in [3.8, 4) is 0 Å². The molecule has 1 aromatic heterocycles. The molecule has 2 aliphatic rings. The zero-order valence-corrected chi connectivity index (χ0v) is 11.3. The average molecular weight is 248 g/mol. The first kappa shape index (κ1) is 12.2. The fourth-order valence-corrected chi connectivity index (χ4v) is 3.04. The first-order valence-electron chi connectivity index (χ1n) is 7.21. The highest BCUT2D eigenvalue weighted by molar-refractivity contribution is 5.04. The van der Waals surface area contributed by atoms with Gasteiger partial charge in [-0.25, -0.2) is 4.98 Å². The molecule has 0 aromatic carbocycles. The van der Waals surface area contributed by atoms with Crippen LogP contribution in [0.4, 0.5) is 0 Å². The summed E-state index contributed by atoms with van der Waals surface area (Å²) in [6.45, 7) is 6.55. The average Bonchev–Trinajstić information content (AvgIpc) is 3.12. The molecular formula is C14H24N4. The van der Waals surface area contributed by atoms with Gasteiger partial charge in [-0.2, -0.15) is 0 Å². The molecule has 0 bridgehead atoms. The largest absolute Gasteiger partial charge is 0.330 e. The van der Waals surface area contributed by atoms with E-state index in [0.29, 0.717) is 5.92 Å². The minimum absolute atomic E-state index is 0.663. The lowest BCUT2D eigenvalue weighted by molar-refractivity contribution is 0.124. The van der Waals surface area contributed by atoms with E-state index in [2.05, 4.69) is 21.4 Å². The number of rotatable bonds is 4. The van der Waals surface area contributed by atoms with Crippen LogP contribution in [-0.2, 0) is 6.54 Å². The smallest absolute Gasteiger partial charge is 0.0951 e. The number of aromatic nitrogens is 2. The van der Waals surface area contributed by atoms with E-state index in [1.165, 1.54) is 31.5 Å². The van der Waals surface area contributed by atoms with Gasteiger partial charge in [-0.1, -0.05) is 6.92 Å². The summed E-state index contributed by atoms with van der Waals surface area (Å²) in [5.41, 5.74) is 7.25. The van der Waals surface area contributed by atoms with Crippen LogP contribution in [0.2, 0.25) is 0 Å². The van der Waals surface area contributed by atoms with Gasteiger partial charge in [0.15, 0.2) is 0 Å². The molecule has 2 fully saturated rings. The summed E-state index contributed by atoms with van der Waals surface area (Å²) in [5, 5.41) is 0. The predicted molar refractivity (Wildman–Crippen MR) is 72.1 cm³/mol. The summed E-state index contributed by atoms with van der Waals surface area (Å²) in [7, 11) is 0. The topological polar surface area (TPSA) is 47.1 Å². The third-order valence-electron chi connectivity index (χ3n) is 4.57. The summed E-state index contributed by atoms with van der Waals surface area (Å²) in [5.74, 6) is 1.44. The van der Waals surface area contributed by atoms with Crippen LogP contribution in [-0.4, -0.2) is 34.1 Å². The Hall–Kier alpha value is -0.870. The molecule has 100 valence electrons. The zero-order valence-electron chi connectivity index (χ0n) is 11.3. The molecule has 4 heteroatoms. The number of hydrogen-bond acceptors (Lipinski definition) is 3. The molecule has 3 rings (SSSR count). The third kappa shape index (κ3) is 2.45. The molecule has 0 radical (unpaired) electrons. The highest BCUT2D eigenvalue weighted by Crippen LogP contribution is 2.36. The summed E-state index contributed by atoms with van der Waals surface area (Å²) in [6, 6.07) is 0.733. The van der Waals surface area contributed by atoms with Crippen molar-refractivity contribution in [1.29, 1.82) is 0 Å². The normalized spacial score (nSPS) is 29.7. The van der Waals surface area contributed by atoms with Crippen molar-refractivity contribution in [2.45, 2.75) is 38.8 Å². The van der Waals surface area contributed by atoms with Crippen molar-refractivity contribution in [3.63, 3.8) is 0 Å². The lowest BCUT2D eigenvalue weighted by Gasteiger charge is -2.36. The quantitative estimate of drug-likeness (QED) is 0.881. The molecule has 4 nitrogen and oxygen atoms in total. The van der Waals surface area contributed by atoms with Crippen LogP contribution in [0.3, 0.4) is 0 Å². The Bertz CT molecular complexity index is 396. The Morgan fingerprint density at radius 3 is 2.94 bits per heavy atom. The van der Waals surface area contributed by atoms with Crippen LogP contribution in [0.5, 0.6) is 0 Å². The van der Waals surface area contributed by atoms with Crippen molar-refractivity contribution < 1.29 is 0 Å². The van der Waals surface area contributed by atoms with E-state index in [0.717, 1.165) is 31.6 Å². The van der Waals surface area contributed by atoms with E-state index >= 15 is 0 Å². The van der Waals surface area contributed by atoms with E-state index in [-0.39, 0.29) is 0 Å². The summed E-state index contributed by atoms with van der Waals surface area (Å²) in [6.07, 6.45) is 7.96. The molecule has 1 aliphatic carbocycles. The van der Waals surface area contributed by atoms with E-state index in [1.54, 1.807) is 0 Å². The summed E-state index contributed by atoms with van der Waals surface area (Å²) in [4.78, 5) is 6.86. The molecule has 1 saturated carbocycles. The van der Waals surface area contributed by atoms with Gasteiger partial charge < -0.3 is 10.3 Å². The molecule has 1 saturated heterocycles. The molecule has 18 heavy (non-hydrogen) atoms. The Labute approximate surface area is 109 Å². The number of nitrogens with zero attached hydrogens (tertiary/aromatic N) is 3. The molecular weight excluding hydrogens is 224 g/mol. The summed E-state index contributed by atoms with van der Waals surface area (Å²) < 4.78 is 2.37. The van der Waals surface area contributed by atoms with Crippen LogP contribution in [0.1, 0.15) is 37.9 Å². The lowest BCUT2D eigenvalue weighted by atomic mass is 9.87. The minimum Gasteiger partial charge on any atom is -0.330 e. The van der Waals surface area contributed by atoms with Crippen molar-refractivity contribution in [1.82, 2.24) is 14.5 Å². The molecule has 2 atom stereocenters. The molecule has 2 heterocycles. The SMILES string of the molecule is CC1CCN(Cc2cncn2C2CC2)CC1CN. The van der Waals surface area contributed by atoms with Gasteiger partial charge in [-0.15, -0.1) is 0 Å². The van der Waals surface area contributed by atoms with Gasteiger partial charge in [-0.3, -0.25) is 4.90 Å². The van der Waals surface area contributed by atoms with Gasteiger partial charge >= 0.3 is 0 Å². The van der Waals surface area contributed by atoms with E-state index in [9.17, 15) is 0 Å². The third-order valence-corrected chi connectivity index (χ3v) is 4.57. The predicted octanol–water partition coefficient (Wildman–Crippen LogP) is 1.63. The summed E-state index contributed by atoms with van der Waals surface area (Å²) >= 11 is 0.